The predicted molar refractivity (Wildman–Crippen MR) is 119 cm³/mol. The van der Waals surface area contributed by atoms with Crippen molar-refractivity contribution in [2.45, 2.75) is 43.9 Å². The first-order valence-electron chi connectivity index (χ1n) is 10.8. The van der Waals surface area contributed by atoms with Crippen molar-refractivity contribution in [2.24, 2.45) is 17.8 Å². The molecule has 0 radical (unpaired) electrons. The number of ether oxygens (including phenoxy) is 1. The number of hydrogen-bond acceptors (Lipinski definition) is 7. The van der Waals surface area contributed by atoms with Crippen LogP contribution in [0.15, 0.2) is 34.4 Å². The molecule has 5 aliphatic carbocycles. The van der Waals surface area contributed by atoms with Gasteiger partial charge in [-0.1, -0.05) is 17.4 Å². The van der Waals surface area contributed by atoms with Gasteiger partial charge in [-0.05, 0) is 80.1 Å². The van der Waals surface area contributed by atoms with Crippen LogP contribution in [0.2, 0.25) is 0 Å². The van der Waals surface area contributed by atoms with E-state index < -0.39 is 0 Å². The van der Waals surface area contributed by atoms with Crippen LogP contribution in [0, 0.1) is 17.8 Å². The number of hydrogen-bond donors (Lipinski definition) is 1. The molecule has 4 fully saturated rings. The topological polar surface area (TPSA) is 99.6 Å². The Labute approximate surface area is 183 Å². The first-order chi connectivity index (χ1) is 14.9. The molecule has 5 aliphatic rings. The van der Waals surface area contributed by atoms with Gasteiger partial charge in [-0.15, -0.1) is 0 Å². The van der Waals surface area contributed by atoms with Gasteiger partial charge in [0, 0.05) is 5.41 Å². The van der Waals surface area contributed by atoms with Crippen molar-refractivity contribution in [3.63, 3.8) is 0 Å². The maximum atomic E-state index is 12.8. The molecule has 0 saturated heterocycles. The van der Waals surface area contributed by atoms with E-state index in [0.29, 0.717) is 10.5 Å². The number of nitrogens with zero attached hydrogens (tertiary/aromatic N) is 3. The molecule has 31 heavy (non-hydrogen) atoms. The molecule has 4 saturated carbocycles. The van der Waals surface area contributed by atoms with Crippen LogP contribution in [0.3, 0.4) is 0 Å². The van der Waals surface area contributed by atoms with Crippen LogP contribution in [-0.4, -0.2) is 27.5 Å². The summed E-state index contributed by atoms with van der Waals surface area (Å²) in [6.07, 6.45) is 14.0. The largest absolute Gasteiger partial charge is 0.493 e. The number of nitrogens with two attached hydrogens (primary N) is 1. The first kappa shape index (κ1) is 19.0. The Morgan fingerprint density at radius 3 is 2.48 bits per heavy atom. The number of methoxy groups -OCH3 is 1. The van der Waals surface area contributed by atoms with Crippen molar-refractivity contribution in [3.8, 4) is 0 Å². The highest BCUT2D eigenvalue weighted by molar-refractivity contribution is 7.16. The molecular formula is C23H24N4O3S. The SMILES string of the molecule is COC1=C/C(=C/c2c(N)n3nc(C45CC6CC(CC(C6)C4)C5)sc3nc2=O)C=CC1=O. The number of allylic oxidation sites excluding steroid dienone is 4. The van der Waals surface area contributed by atoms with E-state index in [0.717, 1.165) is 22.8 Å². The average Bonchev–Trinajstić information content (AvgIpc) is 3.16. The quantitative estimate of drug-likeness (QED) is 0.793. The summed E-state index contributed by atoms with van der Waals surface area (Å²) in [5.41, 5.74) is 7.09. The number of anilines is 1. The van der Waals surface area contributed by atoms with Gasteiger partial charge in [-0.3, -0.25) is 9.59 Å². The molecule has 7 nitrogen and oxygen atoms in total. The Hall–Kier alpha value is -2.74. The van der Waals surface area contributed by atoms with Gasteiger partial charge in [0.25, 0.3) is 5.56 Å². The van der Waals surface area contributed by atoms with E-state index >= 15 is 0 Å². The average molecular weight is 437 g/mol. The van der Waals surface area contributed by atoms with Crippen molar-refractivity contribution in [1.82, 2.24) is 14.6 Å². The lowest BCUT2D eigenvalue weighted by atomic mass is 9.50. The smallest absolute Gasteiger partial charge is 0.283 e. The third-order valence-electron chi connectivity index (χ3n) is 7.48. The van der Waals surface area contributed by atoms with Crippen molar-refractivity contribution >= 4 is 34.0 Å². The van der Waals surface area contributed by atoms with Crippen molar-refractivity contribution < 1.29 is 9.53 Å². The summed E-state index contributed by atoms with van der Waals surface area (Å²) in [4.78, 5) is 29.4. The molecule has 2 N–H and O–H groups in total. The molecule has 0 amide bonds. The van der Waals surface area contributed by atoms with E-state index in [2.05, 4.69) is 4.98 Å². The van der Waals surface area contributed by atoms with E-state index in [1.807, 2.05) is 0 Å². The molecule has 0 atom stereocenters. The van der Waals surface area contributed by atoms with Crippen LogP contribution in [0.5, 0.6) is 0 Å². The summed E-state index contributed by atoms with van der Waals surface area (Å²) in [7, 11) is 1.44. The highest BCUT2D eigenvalue weighted by Gasteiger charge is 2.53. The van der Waals surface area contributed by atoms with Gasteiger partial charge < -0.3 is 10.5 Å². The zero-order valence-corrected chi connectivity index (χ0v) is 18.2. The molecule has 0 spiro atoms. The lowest BCUT2D eigenvalue weighted by Gasteiger charge is -2.55. The van der Waals surface area contributed by atoms with E-state index in [4.69, 9.17) is 15.6 Å². The zero-order chi connectivity index (χ0) is 21.3. The Bertz CT molecular complexity index is 1230. The molecule has 7 rings (SSSR count). The third kappa shape index (κ3) is 2.91. The predicted octanol–water partition coefficient (Wildman–Crippen LogP) is 3.25. The van der Waals surface area contributed by atoms with Gasteiger partial charge in [0.1, 0.15) is 10.8 Å². The molecule has 0 aliphatic heterocycles. The number of fused-ring (bicyclic) bond motifs is 1. The summed E-state index contributed by atoms with van der Waals surface area (Å²) in [5.74, 6) is 2.73. The van der Waals surface area contributed by atoms with E-state index in [-0.39, 0.29) is 33.9 Å². The highest BCUT2D eigenvalue weighted by Crippen LogP contribution is 2.61. The minimum atomic E-state index is -0.386. The number of carbonyl (C=O) groups is 1. The summed E-state index contributed by atoms with van der Waals surface area (Å²) in [6.45, 7) is 0. The lowest BCUT2D eigenvalue weighted by Crippen LogP contribution is -2.48. The van der Waals surface area contributed by atoms with Gasteiger partial charge in [0.05, 0.1) is 12.7 Å². The number of nitrogen functional groups attached to an aromatic ring is 1. The molecule has 8 heteroatoms. The van der Waals surface area contributed by atoms with Crippen LogP contribution in [0.4, 0.5) is 5.82 Å². The molecule has 160 valence electrons. The van der Waals surface area contributed by atoms with Crippen LogP contribution in [0.1, 0.15) is 49.1 Å². The zero-order valence-electron chi connectivity index (χ0n) is 17.3. The first-order valence-corrected chi connectivity index (χ1v) is 11.7. The van der Waals surface area contributed by atoms with Crippen molar-refractivity contribution in [2.75, 3.05) is 12.8 Å². The van der Waals surface area contributed by atoms with Gasteiger partial charge in [-0.25, -0.2) is 0 Å². The molecule has 2 heterocycles. The van der Waals surface area contributed by atoms with Crippen molar-refractivity contribution in [1.29, 1.82) is 0 Å². The maximum absolute atomic E-state index is 12.8. The summed E-state index contributed by atoms with van der Waals surface area (Å²) < 4.78 is 6.73. The van der Waals surface area contributed by atoms with Gasteiger partial charge in [-0.2, -0.15) is 14.6 Å². The summed E-state index contributed by atoms with van der Waals surface area (Å²) >= 11 is 1.52. The van der Waals surface area contributed by atoms with Crippen LogP contribution in [0.25, 0.3) is 11.0 Å². The molecule has 0 aromatic carbocycles. The maximum Gasteiger partial charge on any atom is 0.283 e. The van der Waals surface area contributed by atoms with E-state index in [1.54, 1.807) is 22.7 Å². The lowest BCUT2D eigenvalue weighted by molar-refractivity contribution is -0.114. The molecule has 0 unspecified atom stereocenters. The van der Waals surface area contributed by atoms with Gasteiger partial charge in [0.15, 0.2) is 5.76 Å². The Morgan fingerprint density at radius 2 is 1.84 bits per heavy atom. The van der Waals surface area contributed by atoms with Crippen LogP contribution < -0.4 is 11.3 Å². The standard InChI is InChI=1S/C23H24N4O3S/c1-30-18-8-12(2-3-17(18)28)7-16-19(24)27-22(25-20(16)29)31-21(26-27)23-9-13-4-14(10-23)6-15(5-13)11-23/h2-3,7-8,13-15H,4-6,9-11,24H2,1H3/b12-7+. The van der Waals surface area contributed by atoms with Crippen LogP contribution >= 0.6 is 11.3 Å². The fourth-order valence-corrected chi connectivity index (χ4v) is 7.66. The monoisotopic (exact) mass is 436 g/mol. The Morgan fingerprint density at radius 1 is 1.16 bits per heavy atom. The molecule has 4 bridgehead atoms. The third-order valence-corrected chi connectivity index (χ3v) is 8.64. The molecule has 2 aromatic heterocycles. The number of rotatable bonds is 3. The van der Waals surface area contributed by atoms with Crippen LogP contribution in [-0.2, 0) is 14.9 Å². The van der Waals surface area contributed by atoms with Crippen molar-refractivity contribution in [3.05, 3.63) is 50.5 Å². The Kier molecular flexibility index (Phi) is 4.06. The minimum Gasteiger partial charge on any atom is -0.493 e. The second kappa shape index (κ2) is 6.63. The van der Waals surface area contributed by atoms with Gasteiger partial charge >= 0.3 is 0 Å². The number of carbonyl (C=O) groups excluding carboxylic acids is 1. The second-order valence-electron chi connectivity index (χ2n) is 9.57. The van der Waals surface area contributed by atoms with Gasteiger partial charge in [0.2, 0.25) is 10.7 Å². The fraction of sp³-hybridized carbons (Fsp3) is 0.478. The summed E-state index contributed by atoms with van der Waals surface area (Å²) in [5, 5.41) is 5.99. The second-order valence-corrected chi connectivity index (χ2v) is 10.5. The fourth-order valence-electron chi connectivity index (χ4n) is 6.54. The molecular weight excluding hydrogens is 412 g/mol. The van der Waals surface area contributed by atoms with E-state index in [9.17, 15) is 9.59 Å². The highest BCUT2D eigenvalue weighted by atomic mass is 32.1. The number of aromatic nitrogens is 3. The van der Waals surface area contributed by atoms with E-state index in [1.165, 1.54) is 63.0 Å². The molecule has 2 aromatic rings. The number of ketones is 1. The Balaban J connectivity index is 1.43. The minimum absolute atomic E-state index is 0.129. The summed E-state index contributed by atoms with van der Waals surface area (Å²) in [6, 6.07) is 0. The normalized spacial score (nSPS) is 32.8.